The number of hydrogen-bond acceptors (Lipinski definition) is 5. The Bertz CT molecular complexity index is 581. The molecule has 1 unspecified atom stereocenters. The van der Waals surface area contributed by atoms with Crippen molar-refractivity contribution in [1.82, 2.24) is 0 Å². The fraction of sp³-hybridized carbons (Fsp3) is 0.438. The van der Waals surface area contributed by atoms with Crippen molar-refractivity contribution < 1.29 is 29.0 Å². The minimum absolute atomic E-state index is 0.0145. The van der Waals surface area contributed by atoms with Crippen molar-refractivity contribution in [3.05, 3.63) is 35.1 Å². The number of hydrogen-bond donors (Lipinski definition) is 1. The number of esters is 1. The molecule has 2 aliphatic carbocycles. The van der Waals surface area contributed by atoms with Gasteiger partial charge in [0.1, 0.15) is 0 Å². The lowest BCUT2D eigenvalue weighted by molar-refractivity contribution is -0.141. The SMILES string of the molecule is CCOC(=O)C=C1CCC2CC(OCC(=O)O)=CC=C2C1=O. The van der Waals surface area contributed by atoms with Gasteiger partial charge in [0.25, 0.3) is 0 Å². The van der Waals surface area contributed by atoms with Crippen molar-refractivity contribution in [1.29, 1.82) is 0 Å². The smallest absolute Gasteiger partial charge is 0.341 e. The molecule has 0 aromatic carbocycles. The zero-order chi connectivity index (χ0) is 16.1. The molecular formula is C16H18O6. The Morgan fingerprint density at radius 2 is 2.18 bits per heavy atom. The molecule has 0 spiro atoms. The molecule has 2 aliphatic rings. The third-order valence-corrected chi connectivity index (χ3v) is 3.61. The summed E-state index contributed by atoms with van der Waals surface area (Å²) < 4.78 is 9.99. The molecule has 6 nitrogen and oxygen atoms in total. The maximum Gasteiger partial charge on any atom is 0.341 e. The Kier molecular flexibility index (Phi) is 5.14. The lowest BCUT2D eigenvalue weighted by Crippen LogP contribution is -2.25. The van der Waals surface area contributed by atoms with Crippen LogP contribution in [0.2, 0.25) is 0 Å². The molecule has 0 aromatic heterocycles. The van der Waals surface area contributed by atoms with Gasteiger partial charge in [0.05, 0.1) is 12.4 Å². The molecule has 22 heavy (non-hydrogen) atoms. The zero-order valence-corrected chi connectivity index (χ0v) is 12.3. The lowest BCUT2D eigenvalue weighted by Gasteiger charge is -2.29. The Morgan fingerprint density at radius 3 is 2.86 bits per heavy atom. The standard InChI is InChI=1S/C16H18O6/c1-2-21-15(19)8-11-4-3-10-7-12(22-9-14(17)18)5-6-13(10)16(11)20/h5-6,8,10H,2-4,7,9H2,1H3,(H,17,18). The summed E-state index contributed by atoms with van der Waals surface area (Å²) in [7, 11) is 0. The minimum atomic E-state index is -1.03. The van der Waals surface area contributed by atoms with E-state index in [4.69, 9.17) is 14.6 Å². The maximum atomic E-state index is 12.4. The number of Topliss-reactive ketones (excluding diaryl/α,β-unsaturated/α-hetero) is 1. The van der Waals surface area contributed by atoms with Crippen molar-refractivity contribution in [2.45, 2.75) is 26.2 Å². The summed E-state index contributed by atoms with van der Waals surface area (Å²) in [5.74, 6) is -1.09. The van der Waals surface area contributed by atoms with E-state index in [0.29, 0.717) is 29.7 Å². The largest absolute Gasteiger partial charge is 0.486 e. The van der Waals surface area contributed by atoms with Gasteiger partial charge in [-0.2, -0.15) is 0 Å². The van der Waals surface area contributed by atoms with E-state index >= 15 is 0 Å². The van der Waals surface area contributed by atoms with Gasteiger partial charge in [-0.05, 0) is 31.8 Å². The van der Waals surface area contributed by atoms with Gasteiger partial charge in [-0.1, -0.05) is 6.08 Å². The molecule has 1 atom stereocenters. The van der Waals surface area contributed by atoms with Gasteiger partial charge in [0.15, 0.2) is 12.4 Å². The van der Waals surface area contributed by atoms with E-state index in [1.165, 1.54) is 6.08 Å². The highest BCUT2D eigenvalue weighted by molar-refractivity contribution is 6.12. The van der Waals surface area contributed by atoms with Gasteiger partial charge in [-0.25, -0.2) is 9.59 Å². The second-order valence-electron chi connectivity index (χ2n) is 5.13. The van der Waals surface area contributed by atoms with Crippen molar-refractivity contribution in [3.8, 4) is 0 Å². The Hall–Kier alpha value is -2.37. The van der Waals surface area contributed by atoms with Crippen molar-refractivity contribution >= 4 is 17.7 Å². The molecular weight excluding hydrogens is 288 g/mol. The van der Waals surface area contributed by atoms with Crippen LogP contribution in [-0.4, -0.2) is 36.0 Å². The monoisotopic (exact) mass is 306 g/mol. The average Bonchev–Trinajstić information content (AvgIpc) is 2.48. The number of fused-ring (bicyclic) bond motifs is 1. The molecule has 1 saturated carbocycles. The Labute approximate surface area is 128 Å². The first-order chi connectivity index (χ1) is 10.5. The van der Waals surface area contributed by atoms with Crippen LogP contribution in [0.1, 0.15) is 26.2 Å². The quantitative estimate of drug-likeness (QED) is 0.615. The number of ketones is 1. The lowest BCUT2D eigenvalue weighted by atomic mass is 9.76. The van der Waals surface area contributed by atoms with Gasteiger partial charge < -0.3 is 14.6 Å². The molecule has 1 N–H and O–H groups in total. The van der Waals surface area contributed by atoms with Crippen molar-refractivity contribution in [2.24, 2.45) is 5.92 Å². The number of carbonyl (C=O) groups excluding carboxylic acids is 2. The fourth-order valence-corrected chi connectivity index (χ4v) is 2.61. The van der Waals surface area contributed by atoms with E-state index < -0.39 is 11.9 Å². The summed E-state index contributed by atoms with van der Waals surface area (Å²) in [4.78, 5) is 34.3. The zero-order valence-electron chi connectivity index (χ0n) is 12.3. The van der Waals surface area contributed by atoms with Crippen LogP contribution in [-0.2, 0) is 23.9 Å². The number of allylic oxidation sites excluding steroid dienone is 5. The number of aliphatic carboxylic acids is 1. The molecule has 0 bridgehead atoms. The third kappa shape index (κ3) is 3.84. The van der Waals surface area contributed by atoms with Crippen LogP contribution < -0.4 is 0 Å². The van der Waals surface area contributed by atoms with Crippen LogP contribution >= 0.6 is 0 Å². The van der Waals surface area contributed by atoms with Crippen LogP contribution in [0.5, 0.6) is 0 Å². The van der Waals surface area contributed by atoms with Crippen LogP contribution in [0, 0.1) is 5.92 Å². The summed E-state index contributed by atoms with van der Waals surface area (Å²) in [6.07, 6.45) is 6.29. The second kappa shape index (κ2) is 7.06. The third-order valence-electron chi connectivity index (χ3n) is 3.61. The van der Waals surface area contributed by atoms with E-state index in [9.17, 15) is 14.4 Å². The number of carboxylic acids is 1. The number of rotatable bonds is 5. The van der Waals surface area contributed by atoms with Gasteiger partial charge in [-0.3, -0.25) is 4.79 Å². The molecule has 0 amide bonds. The minimum Gasteiger partial charge on any atom is -0.486 e. The Balaban J connectivity index is 2.09. The van der Waals surface area contributed by atoms with E-state index in [0.717, 1.165) is 6.42 Å². The molecule has 1 fully saturated rings. The molecule has 118 valence electrons. The summed E-state index contributed by atoms with van der Waals surface area (Å²) in [6.45, 7) is 1.60. The number of carbonyl (C=O) groups is 3. The number of ether oxygens (including phenoxy) is 2. The maximum absolute atomic E-state index is 12.4. The molecule has 0 aliphatic heterocycles. The van der Waals surface area contributed by atoms with E-state index in [1.807, 2.05) is 0 Å². The molecule has 2 rings (SSSR count). The van der Waals surface area contributed by atoms with E-state index in [1.54, 1.807) is 19.1 Å². The fourth-order valence-electron chi connectivity index (χ4n) is 2.61. The average molecular weight is 306 g/mol. The predicted octanol–water partition coefficient (Wildman–Crippen LogP) is 1.77. The summed E-state index contributed by atoms with van der Waals surface area (Å²) in [5.41, 5.74) is 1.11. The summed E-state index contributed by atoms with van der Waals surface area (Å²) in [5, 5.41) is 8.61. The van der Waals surface area contributed by atoms with E-state index in [-0.39, 0.29) is 24.9 Å². The normalized spacial score (nSPS) is 22.5. The highest BCUT2D eigenvalue weighted by Gasteiger charge is 2.32. The highest BCUT2D eigenvalue weighted by atomic mass is 16.5. The van der Waals surface area contributed by atoms with Gasteiger partial charge in [-0.15, -0.1) is 0 Å². The van der Waals surface area contributed by atoms with Gasteiger partial charge in [0, 0.05) is 23.6 Å². The van der Waals surface area contributed by atoms with Gasteiger partial charge >= 0.3 is 11.9 Å². The molecule has 0 saturated heterocycles. The molecule has 0 heterocycles. The van der Waals surface area contributed by atoms with Crippen LogP contribution in [0.25, 0.3) is 0 Å². The van der Waals surface area contributed by atoms with Crippen LogP contribution in [0.4, 0.5) is 0 Å². The highest BCUT2D eigenvalue weighted by Crippen LogP contribution is 2.37. The Morgan fingerprint density at radius 1 is 1.41 bits per heavy atom. The first-order valence-corrected chi connectivity index (χ1v) is 7.18. The summed E-state index contributed by atoms with van der Waals surface area (Å²) in [6, 6.07) is 0. The van der Waals surface area contributed by atoms with Crippen molar-refractivity contribution in [3.63, 3.8) is 0 Å². The van der Waals surface area contributed by atoms with Crippen LogP contribution in [0.3, 0.4) is 0 Å². The molecule has 0 aromatic rings. The predicted molar refractivity (Wildman–Crippen MR) is 76.8 cm³/mol. The number of carboxylic acid groups (broad SMARTS) is 1. The second-order valence-corrected chi connectivity index (χ2v) is 5.13. The molecule has 6 heteroatoms. The van der Waals surface area contributed by atoms with Gasteiger partial charge in [0.2, 0.25) is 0 Å². The molecule has 0 radical (unpaired) electrons. The first-order valence-electron chi connectivity index (χ1n) is 7.18. The summed E-state index contributed by atoms with van der Waals surface area (Å²) >= 11 is 0. The first kappa shape index (κ1) is 16.0. The topological polar surface area (TPSA) is 89.9 Å². The van der Waals surface area contributed by atoms with E-state index in [2.05, 4.69) is 0 Å². The van der Waals surface area contributed by atoms with Crippen LogP contribution in [0.15, 0.2) is 35.1 Å². The van der Waals surface area contributed by atoms with Crippen molar-refractivity contribution in [2.75, 3.05) is 13.2 Å².